The summed E-state index contributed by atoms with van der Waals surface area (Å²) in [4.78, 5) is 28.1. The van der Waals surface area contributed by atoms with Crippen LogP contribution in [0.4, 0.5) is 0 Å². The minimum Gasteiger partial charge on any atom is -0.501 e. The van der Waals surface area contributed by atoms with Crippen molar-refractivity contribution in [1.29, 1.82) is 0 Å². The van der Waals surface area contributed by atoms with Crippen LogP contribution in [0.25, 0.3) is 0 Å². The third-order valence-corrected chi connectivity index (χ3v) is 3.77. The van der Waals surface area contributed by atoms with E-state index in [1.165, 1.54) is 11.6 Å². The number of aliphatic hydroxyl groups excluding tert-OH is 1. The normalized spacial score (nSPS) is 16.1. The van der Waals surface area contributed by atoms with Gasteiger partial charge in [-0.15, -0.1) is 0 Å². The molecule has 22 heavy (non-hydrogen) atoms. The van der Waals surface area contributed by atoms with E-state index in [-0.39, 0.29) is 25.6 Å². The lowest BCUT2D eigenvalue weighted by atomic mass is 9.79. The third kappa shape index (κ3) is 2.71. The molecule has 1 saturated carbocycles. The average Bonchev–Trinajstić information content (AvgIpc) is 2.45. The number of hydrogen-bond donors (Lipinski definition) is 2. The van der Waals surface area contributed by atoms with Crippen molar-refractivity contribution in [2.75, 3.05) is 19.8 Å². The van der Waals surface area contributed by atoms with E-state index in [1.54, 1.807) is 6.92 Å². The van der Waals surface area contributed by atoms with E-state index in [4.69, 9.17) is 14.6 Å². The van der Waals surface area contributed by atoms with Crippen molar-refractivity contribution in [1.82, 2.24) is 9.55 Å². The maximum Gasteiger partial charge on any atom is 0.361 e. The highest BCUT2D eigenvalue weighted by Crippen LogP contribution is 2.43. The average molecular weight is 312 g/mol. The van der Waals surface area contributed by atoms with Gasteiger partial charge in [-0.2, -0.15) is 0 Å². The minimum absolute atomic E-state index is 0.103. The van der Waals surface area contributed by atoms with Gasteiger partial charge in [-0.25, -0.2) is 9.78 Å². The Hall–Kier alpha value is -1.93. The van der Waals surface area contributed by atoms with Crippen molar-refractivity contribution in [3.8, 4) is 5.75 Å². The first kappa shape index (κ1) is 16.4. The largest absolute Gasteiger partial charge is 0.501 e. The van der Waals surface area contributed by atoms with Gasteiger partial charge in [0.05, 0.1) is 19.8 Å². The first-order chi connectivity index (χ1) is 10.5. The Morgan fingerprint density at radius 1 is 1.45 bits per heavy atom. The molecule has 0 aliphatic heterocycles. The van der Waals surface area contributed by atoms with Crippen molar-refractivity contribution in [3.63, 3.8) is 0 Å². The second kappa shape index (κ2) is 6.45. The summed E-state index contributed by atoms with van der Waals surface area (Å²) in [6, 6.07) is 0. The molecule has 0 radical (unpaired) electrons. The van der Waals surface area contributed by atoms with Crippen LogP contribution in [0.1, 0.15) is 42.5 Å². The highest BCUT2D eigenvalue weighted by Gasteiger charge is 2.44. The fraction of sp³-hybridized carbons (Fsp3) is 0.643. The second-order valence-corrected chi connectivity index (χ2v) is 5.14. The fourth-order valence-electron chi connectivity index (χ4n) is 2.51. The molecule has 0 amide bonds. The molecule has 122 valence electrons. The molecule has 8 nitrogen and oxygen atoms in total. The van der Waals surface area contributed by atoms with E-state index in [9.17, 15) is 14.7 Å². The van der Waals surface area contributed by atoms with E-state index in [1.807, 2.05) is 0 Å². The van der Waals surface area contributed by atoms with Crippen LogP contribution in [0.15, 0.2) is 4.79 Å². The van der Waals surface area contributed by atoms with Gasteiger partial charge in [-0.1, -0.05) is 0 Å². The van der Waals surface area contributed by atoms with E-state index in [2.05, 4.69) is 4.98 Å². The Balaban J connectivity index is 2.51. The monoisotopic (exact) mass is 312 g/mol. The smallest absolute Gasteiger partial charge is 0.361 e. The zero-order valence-corrected chi connectivity index (χ0v) is 12.7. The Bertz CT molecular complexity index is 620. The predicted molar refractivity (Wildman–Crippen MR) is 75.7 cm³/mol. The Kier molecular flexibility index (Phi) is 4.82. The molecule has 0 spiro atoms. The molecule has 1 aliphatic rings. The Morgan fingerprint density at radius 2 is 2.14 bits per heavy atom. The van der Waals surface area contributed by atoms with Crippen LogP contribution in [-0.2, 0) is 22.1 Å². The number of carbonyl (C=O) groups excluding carboxylic acids is 1. The van der Waals surface area contributed by atoms with Gasteiger partial charge in [0.2, 0.25) is 5.75 Å². The Labute approximate surface area is 127 Å². The van der Waals surface area contributed by atoms with E-state index in [0.717, 1.165) is 6.42 Å². The number of hydrogen-bond acceptors (Lipinski definition) is 7. The van der Waals surface area contributed by atoms with E-state index in [0.29, 0.717) is 12.8 Å². The molecular weight excluding hydrogens is 292 g/mol. The van der Waals surface area contributed by atoms with Crippen molar-refractivity contribution in [2.45, 2.75) is 31.8 Å². The molecule has 0 unspecified atom stereocenters. The number of esters is 1. The molecule has 0 bridgehead atoms. The summed E-state index contributed by atoms with van der Waals surface area (Å²) in [7, 11) is 1.46. The lowest BCUT2D eigenvalue weighted by Gasteiger charge is -2.41. The van der Waals surface area contributed by atoms with Gasteiger partial charge >= 0.3 is 5.97 Å². The standard InChI is InChI=1S/C14H20N2O6/c1-3-21-12(20)9-10(18)11(19)16(2)13(15-9)14(5-4-6-14)22-8-7-17/h17-18H,3-8H2,1-2H3. The predicted octanol–water partition coefficient (Wildman–Crippen LogP) is 0.0507. The van der Waals surface area contributed by atoms with Crippen molar-refractivity contribution < 1.29 is 24.5 Å². The van der Waals surface area contributed by atoms with Crippen LogP contribution in [0, 0.1) is 0 Å². The number of nitrogens with zero attached hydrogens (tertiary/aromatic N) is 2. The van der Waals surface area contributed by atoms with Gasteiger partial charge < -0.3 is 19.7 Å². The number of aliphatic hydroxyl groups is 1. The summed E-state index contributed by atoms with van der Waals surface area (Å²) < 4.78 is 11.7. The lowest BCUT2D eigenvalue weighted by molar-refractivity contribution is -0.122. The fourth-order valence-corrected chi connectivity index (χ4v) is 2.51. The zero-order chi connectivity index (χ0) is 16.3. The number of aromatic nitrogens is 2. The summed E-state index contributed by atoms with van der Waals surface area (Å²) in [6.07, 6.45) is 2.14. The maximum absolute atomic E-state index is 12.1. The lowest BCUT2D eigenvalue weighted by Crippen LogP contribution is -2.44. The van der Waals surface area contributed by atoms with Crippen LogP contribution < -0.4 is 5.56 Å². The van der Waals surface area contributed by atoms with Gasteiger partial charge in [0.25, 0.3) is 5.56 Å². The summed E-state index contributed by atoms with van der Waals surface area (Å²) in [6.45, 7) is 1.68. The van der Waals surface area contributed by atoms with Gasteiger partial charge in [-0.3, -0.25) is 9.36 Å². The summed E-state index contributed by atoms with van der Waals surface area (Å²) >= 11 is 0. The molecule has 2 rings (SSSR count). The SMILES string of the molecule is CCOC(=O)c1nc(C2(OCCO)CCC2)n(C)c(=O)c1O. The molecule has 0 saturated heterocycles. The highest BCUT2D eigenvalue weighted by molar-refractivity contribution is 5.90. The summed E-state index contributed by atoms with van der Waals surface area (Å²) in [5, 5.41) is 18.8. The van der Waals surface area contributed by atoms with E-state index >= 15 is 0 Å². The first-order valence-electron chi connectivity index (χ1n) is 7.19. The van der Waals surface area contributed by atoms with Crippen LogP contribution in [0.2, 0.25) is 0 Å². The van der Waals surface area contributed by atoms with Crippen LogP contribution in [0.3, 0.4) is 0 Å². The van der Waals surface area contributed by atoms with Gasteiger partial charge in [0.1, 0.15) is 11.4 Å². The molecule has 0 atom stereocenters. The third-order valence-electron chi connectivity index (χ3n) is 3.77. The molecule has 1 aromatic heterocycles. The number of aromatic hydroxyl groups is 1. The van der Waals surface area contributed by atoms with Gasteiger partial charge in [0, 0.05) is 7.05 Å². The minimum atomic E-state index is -0.851. The molecule has 1 heterocycles. The van der Waals surface area contributed by atoms with Crippen LogP contribution >= 0.6 is 0 Å². The topological polar surface area (TPSA) is 111 Å². The summed E-state index contributed by atoms with van der Waals surface area (Å²) in [5.41, 5.74) is -1.95. The van der Waals surface area contributed by atoms with Crippen molar-refractivity contribution in [2.24, 2.45) is 7.05 Å². The molecule has 1 fully saturated rings. The highest BCUT2D eigenvalue weighted by atomic mass is 16.5. The molecule has 1 aliphatic carbocycles. The molecule has 0 aromatic carbocycles. The van der Waals surface area contributed by atoms with E-state index < -0.39 is 28.6 Å². The first-order valence-corrected chi connectivity index (χ1v) is 7.19. The van der Waals surface area contributed by atoms with Gasteiger partial charge in [-0.05, 0) is 26.2 Å². The van der Waals surface area contributed by atoms with Crippen molar-refractivity contribution in [3.05, 3.63) is 21.9 Å². The van der Waals surface area contributed by atoms with Crippen molar-refractivity contribution >= 4 is 5.97 Å². The number of carbonyl (C=O) groups is 1. The number of ether oxygens (including phenoxy) is 2. The molecule has 8 heteroatoms. The maximum atomic E-state index is 12.1. The van der Waals surface area contributed by atoms with Crippen LogP contribution in [0.5, 0.6) is 5.75 Å². The quantitative estimate of drug-likeness (QED) is 0.714. The Morgan fingerprint density at radius 3 is 2.64 bits per heavy atom. The number of rotatable bonds is 6. The summed E-state index contributed by atoms with van der Waals surface area (Å²) in [5.74, 6) is -1.32. The van der Waals surface area contributed by atoms with Crippen LogP contribution in [-0.4, -0.2) is 45.6 Å². The second-order valence-electron chi connectivity index (χ2n) is 5.14. The zero-order valence-electron chi connectivity index (χ0n) is 12.7. The van der Waals surface area contributed by atoms with Gasteiger partial charge in [0.15, 0.2) is 5.69 Å². The molecule has 2 N–H and O–H groups in total. The molecular formula is C14H20N2O6. The molecule has 1 aromatic rings.